The molecule has 6 nitrogen and oxygen atoms in total. The molecule has 0 aliphatic carbocycles. The van der Waals surface area contributed by atoms with Crippen molar-refractivity contribution in [2.24, 2.45) is 0 Å². The number of aromatic nitrogens is 1. The summed E-state index contributed by atoms with van der Waals surface area (Å²) >= 11 is 0. The average molecular weight is 227 g/mol. The Kier molecular flexibility index (Phi) is 3.81. The van der Waals surface area contributed by atoms with Crippen LogP contribution >= 0.6 is 0 Å². The number of aliphatic hydroxyl groups excluding tert-OH is 2. The minimum atomic E-state index is -1.50. The predicted molar refractivity (Wildman–Crippen MR) is 55.0 cm³/mol. The minimum absolute atomic E-state index is 0.0336. The van der Waals surface area contributed by atoms with Gasteiger partial charge in [-0.15, -0.1) is 0 Å². The van der Waals surface area contributed by atoms with E-state index in [1.165, 1.54) is 12.3 Å². The summed E-state index contributed by atoms with van der Waals surface area (Å²) in [4.78, 5) is 24.1. The second kappa shape index (κ2) is 4.91. The maximum absolute atomic E-state index is 11.3. The largest absolute Gasteiger partial charge is 0.481 e. The highest BCUT2D eigenvalue weighted by Crippen LogP contribution is 2.16. The van der Waals surface area contributed by atoms with E-state index in [-0.39, 0.29) is 5.56 Å². The summed E-state index contributed by atoms with van der Waals surface area (Å²) in [6, 6.07) is 1.41. The van der Waals surface area contributed by atoms with Crippen LogP contribution in [0.4, 0.5) is 0 Å². The number of aryl methyl sites for hydroxylation is 1. The number of nitrogens with one attached hydrogen (secondary N) is 1. The first-order valence-electron chi connectivity index (χ1n) is 4.69. The molecule has 0 bridgehead atoms. The van der Waals surface area contributed by atoms with Gasteiger partial charge in [-0.25, -0.2) is 0 Å². The Bertz CT molecular complexity index is 439. The van der Waals surface area contributed by atoms with E-state index in [4.69, 9.17) is 5.11 Å². The molecule has 0 aliphatic heterocycles. The number of hydrogen-bond donors (Lipinski definition) is 4. The van der Waals surface area contributed by atoms with Crippen molar-refractivity contribution in [3.05, 3.63) is 33.7 Å². The van der Waals surface area contributed by atoms with E-state index in [0.29, 0.717) is 5.56 Å². The van der Waals surface area contributed by atoms with Crippen LogP contribution in [0, 0.1) is 6.92 Å². The molecule has 0 saturated carbocycles. The highest BCUT2D eigenvalue weighted by atomic mass is 16.4. The summed E-state index contributed by atoms with van der Waals surface area (Å²) in [5.41, 5.74) is 0.132. The summed E-state index contributed by atoms with van der Waals surface area (Å²) in [6.07, 6.45) is -2.16. The van der Waals surface area contributed by atoms with Gasteiger partial charge in [0.2, 0.25) is 0 Å². The lowest BCUT2D eigenvalue weighted by atomic mass is 10.0. The molecule has 0 amide bonds. The van der Waals surface area contributed by atoms with Gasteiger partial charge >= 0.3 is 5.97 Å². The molecule has 0 saturated heterocycles. The number of carboxylic acids is 1. The monoisotopic (exact) mass is 227 g/mol. The summed E-state index contributed by atoms with van der Waals surface area (Å²) in [7, 11) is 0. The third-order valence-electron chi connectivity index (χ3n) is 2.14. The van der Waals surface area contributed by atoms with Crippen molar-refractivity contribution < 1.29 is 20.1 Å². The number of aliphatic carboxylic acids is 1. The van der Waals surface area contributed by atoms with Crippen molar-refractivity contribution in [3.8, 4) is 0 Å². The van der Waals surface area contributed by atoms with Gasteiger partial charge in [0.15, 0.2) is 0 Å². The van der Waals surface area contributed by atoms with Crippen LogP contribution in [-0.4, -0.2) is 32.4 Å². The van der Waals surface area contributed by atoms with Crippen molar-refractivity contribution in [3.63, 3.8) is 0 Å². The summed E-state index contributed by atoms with van der Waals surface area (Å²) in [6.45, 7) is 1.70. The Hall–Kier alpha value is -1.66. The van der Waals surface area contributed by atoms with E-state index < -0.39 is 30.2 Å². The number of carbonyl (C=O) groups is 1. The van der Waals surface area contributed by atoms with Gasteiger partial charge in [-0.1, -0.05) is 0 Å². The molecular weight excluding hydrogens is 214 g/mol. The molecule has 6 heteroatoms. The number of H-pyrrole nitrogens is 1. The number of hydrogen-bond acceptors (Lipinski definition) is 4. The van der Waals surface area contributed by atoms with Crippen molar-refractivity contribution in [2.75, 3.05) is 0 Å². The summed E-state index contributed by atoms with van der Waals surface area (Å²) in [5.74, 6) is -1.24. The molecular formula is C10H13NO5. The molecule has 0 fully saturated rings. The summed E-state index contributed by atoms with van der Waals surface area (Å²) in [5, 5.41) is 27.4. The van der Waals surface area contributed by atoms with Crippen LogP contribution in [0.2, 0.25) is 0 Å². The fraction of sp³-hybridized carbons (Fsp3) is 0.400. The van der Waals surface area contributed by atoms with Gasteiger partial charge in [0.1, 0.15) is 6.10 Å². The van der Waals surface area contributed by atoms with Crippen LogP contribution < -0.4 is 5.56 Å². The highest BCUT2D eigenvalue weighted by molar-refractivity contribution is 5.67. The van der Waals surface area contributed by atoms with Crippen molar-refractivity contribution in [1.82, 2.24) is 4.98 Å². The average Bonchev–Trinajstić information content (AvgIpc) is 2.19. The Morgan fingerprint density at radius 3 is 2.69 bits per heavy atom. The smallest absolute Gasteiger partial charge is 0.306 e. The number of pyridine rings is 1. The maximum atomic E-state index is 11.3. The topological polar surface area (TPSA) is 111 Å². The quantitative estimate of drug-likeness (QED) is 0.557. The normalized spacial score (nSPS) is 14.4. The van der Waals surface area contributed by atoms with Gasteiger partial charge in [-0.2, -0.15) is 0 Å². The first-order valence-corrected chi connectivity index (χ1v) is 4.69. The fourth-order valence-corrected chi connectivity index (χ4v) is 1.33. The van der Waals surface area contributed by atoms with E-state index >= 15 is 0 Å². The lowest BCUT2D eigenvalue weighted by molar-refractivity contribution is -0.141. The molecule has 0 aromatic carbocycles. The number of rotatable bonds is 4. The lowest BCUT2D eigenvalue weighted by Crippen LogP contribution is -2.27. The molecule has 1 aromatic rings. The molecule has 0 spiro atoms. The maximum Gasteiger partial charge on any atom is 0.306 e. The van der Waals surface area contributed by atoms with Crippen LogP contribution in [0.1, 0.15) is 23.7 Å². The van der Waals surface area contributed by atoms with Gasteiger partial charge in [0.25, 0.3) is 5.56 Å². The third kappa shape index (κ3) is 2.91. The highest BCUT2D eigenvalue weighted by Gasteiger charge is 2.23. The predicted octanol–water partition coefficient (Wildman–Crippen LogP) is -0.448. The Labute approximate surface area is 91.2 Å². The summed E-state index contributed by atoms with van der Waals surface area (Å²) < 4.78 is 0. The Morgan fingerprint density at radius 1 is 1.50 bits per heavy atom. The molecule has 0 radical (unpaired) electrons. The van der Waals surface area contributed by atoms with E-state index in [9.17, 15) is 19.8 Å². The van der Waals surface area contributed by atoms with Gasteiger partial charge in [0.05, 0.1) is 12.5 Å². The molecule has 1 heterocycles. The van der Waals surface area contributed by atoms with Crippen LogP contribution in [0.5, 0.6) is 0 Å². The fourth-order valence-electron chi connectivity index (χ4n) is 1.33. The first kappa shape index (κ1) is 12.4. The van der Waals surface area contributed by atoms with Crippen molar-refractivity contribution in [2.45, 2.75) is 25.6 Å². The third-order valence-corrected chi connectivity index (χ3v) is 2.14. The Morgan fingerprint density at radius 2 is 2.12 bits per heavy atom. The molecule has 4 N–H and O–H groups in total. The number of aromatic amines is 1. The first-order chi connectivity index (χ1) is 7.41. The number of aliphatic hydroxyl groups is 2. The second-order valence-corrected chi connectivity index (χ2v) is 3.57. The molecule has 1 aromatic heterocycles. The molecule has 1 rings (SSSR count). The van der Waals surface area contributed by atoms with E-state index in [1.807, 2.05) is 0 Å². The molecule has 0 aliphatic rings. The van der Waals surface area contributed by atoms with Crippen LogP contribution in [0.25, 0.3) is 0 Å². The van der Waals surface area contributed by atoms with Crippen LogP contribution in [0.3, 0.4) is 0 Å². The molecule has 88 valence electrons. The zero-order valence-corrected chi connectivity index (χ0v) is 8.67. The van der Waals surface area contributed by atoms with Gasteiger partial charge < -0.3 is 20.3 Å². The molecule has 16 heavy (non-hydrogen) atoms. The SMILES string of the molecule is Cc1c[nH]c(=O)c(C(O)C(O)CC(=O)O)c1. The van der Waals surface area contributed by atoms with Crippen LogP contribution in [-0.2, 0) is 4.79 Å². The Balaban J connectivity index is 2.95. The second-order valence-electron chi connectivity index (χ2n) is 3.57. The van der Waals surface area contributed by atoms with E-state index in [1.54, 1.807) is 6.92 Å². The minimum Gasteiger partial charge on any atom is -0.481 e. The standard InChI is InChI=1S/C10H13NO5/c1-5-2-6(10(16)11-4-5)9(15)7(12)3-8(13)14/h2,4,7,9,12,15H,3H2,1H3,(H,11,16)(H,13,14). The van der Waals surface area contributed by atoms with Gasteiger partial charge in [-0.05, 0) is 18.6 Å². The molecule has 2 unspecified atom stereocenters. The van der Waals surface area contributed by atoms with Crippen molar-refractivity contribution in [1.29, 1.82) is 0 Å². The lowest BCUT2D eigenvalue weighted by Gasteiger charge is -2.15. The van der Waals surface area contributed by atoms with Crippen LogP contribution in [0.15, 0.2) is 17.1 Å². The van der Waals surface area contributed by atoms with Gasteiger partial charge in [-0.3, -0.25) is 9.59 Å². The van der Waals surface area contributed by atoms with Gasteiger partial charge in [0, 0.05) is 11.8 Å². The zero-order chi connectivity index (χ0) is 12.3. The van der Waals surface area contributed by atoms with E-state index in [2.05, 4.69) is 4.98 Å². The number of carboxylic acid groups (broad SMARTS) is 1. The van der Waals surface area contributed by atoms with E-state index in [0.717, 1.165) is 0 Å². The molecule has 2 atom stereocenters. The zero-order valence-electron chi connectivity index (χ0n) is 8.67. The van der Waals surface area contributed by atoms with Crippen molar-refractivity contribution >= 4 is 5.97 Å².